The number of thioether (sulfide) groups is 1. The van der Waals surface area contributed by atoms with Gasteiger partial charge in [-0.05, 0) is 24.0 Å². The lowest BCUT2D eigenvalue weighted by Crippen LogP contribution is -2.31. The molecule has 7 nitrogen and oxygen atoms in total. The van der Waals surface area contributed by atoms with Gasteiger partial charge in [-0.15, -0.1) is 11.8 Å². The minimum Gasteiger partial charge on any atom is -0.535 e. The van der Waals surface area contributed by atoms with Crippen molar-refractivity contribution in [2.45, 2.75) is 23.1 Å². The van der Waals surface area contributed by atoms with Gasteiger partial charge in [-0.25, -0.2) is 4.79 Å². The van der Waals surface area contributed by atoms with E-state index >= 15 is 0 Å². The molecule has 9 heteroatoms. The third kappa shape index (κ3) is 2.73. The van der Waals surface area contributed by atoms with Crippen molar-refractivity contribution < 1.29 is 19.6 Å². The summed E-state index contributed by atoms with van der Waals surface area (Å²) in [5, 5.41) is 29.1. The van der Waals surface area contributed by atoms with E-state index in [1.165, 1.54) is 11.8 Å². The van der Waals surface area contributed by atoms with Crippen LogP contribution in [0.15, 0.2) is 17.0 Å². The first-order valence-corrected chi connectivity index (χ1v) is 7.93. The molecule has 2 aliphatic rings. The summed E-state index contributed by atoms with van der Waals surface area (Å²) in [6.07, 6.45) is 0.836. The molecule has 1 aromatic rings. The highest BCUT2D eigenvalue weighted by molar-refractivity contribution is 7.99. The molecule has 116 valence electrons. The maximum Gasteiger partial charge on any atom is 0.526 e. The van der Waals surface area contributed by atoms with E-state index in [9.17, 15) is 14.9 Å². The van der Waals surface area contributed by atoms with Crippen LogP contribution in [-0.2, 0) is 0 Å². The van der Waals surface area contributed by atoms with E-state index in [1.807, 2.05) is 6.07 Å². The normalized spacial score (nSPS) is 21.4. The topological polar surface area (TPSA) is 129 Å². The number of guanidine groups is 1. The van der Waals surface area contributed by atoms with Crippen LogP contribution in [-0.4, -0.2) is 41.5 Å². The summed E-state index contributed by atoms with van der Waals surface area (Å²) in [5.41, 5.74) is 6.18. The SMILES string of the molecule is N=C(N)NCCSc1ccc2c(c1C(=O)O)OB(O)[C@@H]1C[C@H]21. The van der Waals surface area contributed by atoms with E-state index in [0.29, 0.717) is 22.9 Å². The molecule has 0 saturated heterocycles. The van der Waals surface area contributed by atoms with Gasteiger partial charge in [0.2, 0.25) is 0 Å². The van der Waals surface area contributed by atoms with Gasteiger partial charge in [-0.3, -0.25) is 5.41 Å². The first-order valence-electron chi connectivity index (χ1n) is 6.94. The van der Waals surface area contributed by atoms with Gasteiger partial charge in [0.05, 0.1) is 0 Å². The predicted octanol–water partition coefficient (Wildman–Crippen LogP) is 0.690. The average Bonchev–Trinajstić information content (AvgIpc) is 3.23. The summed E-state index contributed by atoms with van der Waals surface area (Å²) in [5.74, 6) is -0.0281. The molecule has 1 saturated carbocycles. The van der Waals surface area contributed by atoms with Crippen molar-refractivity contribution in [3.05, 3.63) is 23.3 Å². The maximum atomic E-state index is 11.6. The minimum absolute atomic E-state index is 0.0902. The van der Waals surface area contributed by atoms with Crippen LogP contribution in [0.5, 0.6) is 5.75 Å². The van der Waals surface area contributed by atoms with Crippen LogP contribution in [0.1, 0.15) is 28.3 Å². The first-order chi connectivity index (χ1) is 10.5. The van der Waals surface area contributed by atoms with Crippen molar-refractivity contribution in [2.24, 2.45) is 5.73 Å². The van der Waals surface area contributed by atoms with E-state index in [2.05, 4.69) is 5.32 Å². The Morgan fingerprint density at radius 3 is 3.05 bits per heavy atom. The Labute approximate surface area is 131 Å². The Bertz CT molecular complexity index is 642. The molecule has 2 atom stereocenters. The predicted molar refractivity (Wildman–Crippen MR) is 83.8 cm³/mol. The number of hydrogen-bond acceptors (Lipinski definition) is 5. The number of nitrogens with two attached hydrogens (primary N) is 1. The molecule has 22 heavy (non-hydrogen) atoms. The number of nitrogens with one attached hydrogen (secondary N) is 2. The molecule has 3 rings (SSSR count). The Balaban J connectivity index is 1.83. The molecule has 1 aliphatic heterocycles. The lowest BCUT2D eigenvalue weighted by Gasteiger charge is -2.22. The number of benzene rings is 1. The van der Waals surface area contributed by atoms with Gasteiger partial charge in [-0.2, -0.15) is 0 Å². The number of carboxylic acids is 1. The molecule has 0 radical (unpaired) electrons. The molecule has 0 bridgehead atoms. The molecule has 0 aromatic heterocycles. The molecule has 0 unspecified atom stereocenters. The number of rotatable bonds is 5. The Morgan fingerprint density at radius 2 is 2.36 bits per heavy atom. The zero-order chi connectivity index (χ0) is 15.9. The Hall–Kier alpha value is -1.87. The molecule has 0 spiro atoms. The van der Waals surface area contributed by atoms with Crippen molar-refractivity contribution in [3.63, 3.8) is 0 Å². The smallest absolute Gasteiger partial charge is 0.526 e. The monoisotopic (exact) mass is 321 g/mol. The van der Waals surface area contributed by atoms with Gasteiger partial charge in [-0.1, -0.05) is 6.07 Å². The second-order valence-corrected chi connectivity index (χ2v) is 6.50. The molecule has 6 N–H and O–H groups in total. The molecular formula is C13H16BN3O4S. The van der Waals surface area contributed by atoms with Crippen molar-refractivity contribution >= 4 is 30.8 Å². The van der Waals surface area contributed by atoms with Crippen molar-refractivity contribution in [3.8, 4) is 5.75 Å². The summed E-state index contributed by atoms with van der Waals surface area (Å²) in [4.78, 5) is 12.2. The molecule has 1 aromatic carbocycles. The average molecular weight is 321 g/mol. The number of carboxylic acid groups (broad SMARTS) is 1. The standard InChI is InChI=1S/C13H16BN3O4S/c15-13(16)17-3-4-22-9-2-1-6-7-5-8(7)14(20)21-11(6)10(9)12(18)19/h1-2,7-8,20H,3-5H2,(H,18,19)(H4,15,16,17)/t7-,8-/m1/s1. The molecular weight excluding hydrogens is 305 g/mol. The van der Waals surface area contributed by atoms with Crippen LogP contribution in [0.3, 0.4) is 0 Å². The molecule has 1 aliphatic carbocycles. The van der Waals surface area contributed by atoms with E-state index in [1.54, 1.807) is 6.07 Å². The lowest BCUT2D eigenvalue weighted by molar-refractivity contribution is 0.0690. The van der Waals surface area contributed by atoms with E-state index in [-0.39, 0.29) is 23.3 Å². The van der Waals surface area contributed by atoms with Gasteiger partial charge in [0.25, 0.3) is 0 Å². The highest BCUT2D eigenvalue weighted by Crippen LogP contribution is 2.60. The fraction of sp³-hybridized carbons (Fsp3) is 0.385. The van der Waals surface area contributed by atoms with Crippen LogP contribution in [0.25, 0.3) is 0 Å². The third-order valence-corrected chi connectivity index (χ3v) is 4.94. The lowest BCUT2D eigenvalue weighted by atomic mass is 9.77. The Kier molecular flexibility index (Phi) is 3.92. The molecule has 0 amide bonds. The fourth-order valence-electron chi connectivity index (χ4n) is 2.76. The van der Waals surface area contributed by atoms with Crippen LogP contribution < -0.4 is 15.7 Å². The second-order valence-electron chi connectivity index (χ2n) is 5.37. The summed E-state index contributed by atoms with van der Waals surface area (Å²) in [6, 6.07) is 3.68. The van der Waals surface area contributed by atoms with Crippen LogP contribution in [0, 0.1) is 5.41 Å². The van der Waals surface area contributed by atoms with Gasteiger partial charge < -0.3 is 25.8 Å². The van der Waals surface area contributed by atoms with Gasteiger partial charge in [0.15, 0.2) is 5.96 Å². The van der Waals surface area contributed by atoms with Gasteiger partial charge in [0.1, 0.15) is 11.3 Å². The molecule has 1 heterocycles. The number of carbonyl (C=O) groups is 1. The summed E-state index contributed by atoms with van der Waals surface area (Å²) >= 11 is 1.35. The zero-order valence-electron chi connectivity index (χ0n) is 11.7. The van der Waals surface area contributed by atoms with Crippen LogP contribution in [0.2, 0.25) is 5.82 Å². The minimum atomic E-state index is -1.06. The molecule has 1 fully saturated rings. The van der Waals surface area contributed by atoms with Crippen molar-refractivity contribution in [1.82, 2.24) is 5.32 Å². The van der Waals surface area contributed by atoms with Gasteiger partial charge in [0, 0.05) is 23.0 Å². The summed E-state index contributed by atoms with van der Waals surface area (Å²) in [7, 11) is -0.921. The fourth-order valence-corrected chi connectivity index (χ4v) is 3.68. The quantitative estimate of drug-likeness (QED) is 0.177. The maximum absolute atomic E-state index is 11.6. The van der Waals surface area contributed by atoms with Crippen LogP contribution in [0.4, 0.5) is 0 Å². The van der Waals surface area contributed by atoms with Crippen molar-refractivity contribution in [2.75, 3.05) is 12.3 Å². The highest BCUT2D eigenvalue weighted by Gasteiger charge is 2.54. The Morgan fingerprint density at radius 1 is 1.59 bits per heavy atom. The zero-order valence-corrected chi connectivity index (χ0v) is 12.5. The number of aromatic carboxylic acids is 1. The van der Waals surface area contributed by atoms with E-state index in [4.69, 9.17) is 15.8 Å². The van der Waals surface area contributed by atoms with Gasteiger partial charge >= 0.3 is 13.1 Å². The summed E-state index contributed by atoms with van der Waals surface area (Å²) in [6.45, 7) is 0.463. The third-order valence-electron chi connectivity index (χ3n) is 3.88. The largest absolute Gasteiger partial charge is 0.535 e. The second kappa shape index (κ2) is 5.73. The van der Waals surface area contributed by atoms with E-state index < -0.39 is 13.1 Å². The number of hydrogen-bond donors (Lipinski definition) is 5. The summed E-state index contributed by atoms with van der Waals surface area (Å²) < 4.78 is 5.46. The van der Waals surface area contributed by atoms with Crippen molar-refractivity contribution in [1.29, 1.82) is 5.41 Å². The first kappa shape index (κ1) is 15.0. The number of fused-ring (bicyclic) bond motifs is 3. The van der Waals surface area contributed by atoms with Crippen LogP contribution >= 0.6 is 11.8 Å². The van der Waals surface area contributed by atoms with E-state index in [0.717, 1.165) is 12.0 Å². The highest BCUT2D eigenvalue weighted by atomic mass is 32.2.